The molecule has 1 unspecified atom stereocenters. The first-order valence-corrected chi connectivity index (χ1v) is 7.53. The first kappa shape index (κ1) is 13.9. The molecule has 1 aromatic carbocycles. The second kappa shape index (κ2) is 6.07. The maximum Gasteiger partial charge on any atom is 0.252 e. The van der Waals surface area contributed by atoms with Crippen LogP contribution in [-0.2, 0) is 0 Å². The Morgan fingerprint density at radius 1 is 1.56 bits per heavy atom. The minimum absolute atomic E-state index is 0.0446. The molecule has 0 heterocycles. The SMILES string of the molecule is CCC(CC1CC1)NC(=O)c1cc(Cl)ccc1Br. The van der Waals surface area contributed by atoms with Gasteiger partial charge in [0.15, 0.2) is 0 Å². The predicted octanol–water partition coefficient (Wildman–Crippen LogP) is 4.41. The van der Waals surface area contributed by atoms with Crippen LogP contribution in [0.25, 0.3) is 0 Å². The molecule has 1 aliphatic carbocycles. The maximum absolute atomic E-state index is 12.2. The second-order valence-electron chi connectivity index (χ2n) is 4.88. The summed E-state index contributed by atoms with van der Waals surface area (Å²) in [6, 6.07) is 5.55. The topological polar surface area (TPSA) is 29.1 Å². The van der Waals surface area contributed by atoms with E-state index < -0.39 is 0 Å². The van der Waals surface area contributed by atoms with Crippen LogP contribution in [0, 0.1) is 5.92 Å². The van der Waals surface area contributed by atoms with Gasteiger partial charge in [-0.2, -0.15) is 0 Å². The summed E-state index contributed by atoms with van der Waals surface area (Å²) in [7, 11) is 0. The second-order valence-corrected chi connectivity index (χ2v) is 6.17. The Morgan fingerprint density at radius 3 is 2.89 bits per heavy atom. The van der Waals surface area contributed by atoms with Crippen molar-refractivity contribution in [1.29, 1.82) is 0 Å². The molecule has 1 saturated carbocycles. The van der Waals surface area contributed by atoms with Crippen molar-refractivity contribution in [2.45, 2.75) is 38.6 Å². The first-order valence-electron chi connectivity index (χ1n) is 6.36. The summed E-state index contributed by atoms with van der Waals surface area (Å²) < 4.78 is 0.783. The van der Waals surface area contributed by atoms with E-state index in [1.165, 1.54) is 12.8 Å². The third-order valence-electron chi connectivity index (χ3n) is 3.32. The van der Waals surface area contributed by atoms with Crippen molar-refractivity contribution < 1.29 is 4.79 Å². The van der Waals surface area contributed by atoms with E-state index in [-0.39, 0.29) is 11.9 Å². The van der Waals surface area contributed by atoms with Gasteiger partial charge >= 0.3 is 0 Å². The number of carbonyl (C=O) groups excluding carboxylic acids is 1. The lowest BCUT2D eigenvalue weighted by Crippen LogP contribution is -2.34. The van der Waals surface area contributed by atoms with Crippen LogP contribution in [0.5, 0.6) is 0 Å². The lowest BCUT2D eigenvalue weighted by Gasteiger charge is -2.17. The Kier molecular flexibility index (Phi) is 4.68. The summed E-state index contributed by atoms with van der Waals surface area (Å²) in [5.41, 5.74) is 0.608. The van der Waals surface area contributed by atoms with Crippen LogP contribution >= 0.6 is 27.5 Å². The van der Waals surface area contributed by atoms with Gasteiger partial charge in [0.1, 0.15) is 0 Å². The number of carbonyl (C=O) groups is 1. The highest BCUT2D eigenvalue weighted by Gasteiger charge is 2.26. The summed E-state index contributed by atoms with van der Waals surface area (Å²) in [5, 5.41) is 3.68. The molecule has 0 aromatic heterocycles. The number of hydrogen-bond acceptors (Lipinski definition) is 1. The molecule has 1 aliphatic rings. The molecule has 1 fully saturated rings. The number of halogens is 2. The summed E-state index contributed by atoms with van der Waals surface area (Å²) in [4.78, 5) is 12.2. The van der Waals surface area contributed by atoms with Gasteiger partial charge in [-0.25, -0.2) is 0 Å². The van der Waals surface area contributed by atoms with Crippen molar-refractivity contribution >= 4 is 33.4 Å². The Hall–Kier alpha value is -0.540. The average molecular weight is 331 g/mol. The minimum atomic E-state index is -0.0446. The molecule has 0 spiro atoms. The molecule has 1 aromatic rings. The van der Waals surface area contributed by atoms with Gasteiger partial charge in [-0.05, 0) is 52.9 Å². The third-order valence-corrected chi connectivity index (χ3v) is 4.24. The number of amides is 1. The largest absolute Gasteiger partial charge is 0.349 e. The van der Waals surface area contributed by atoms with Gasteiger partial charge < -0.3 is 5.32 Å². The minimum Gasteiger partial charge on any atom is -0.349 e. The molecule has 98 valence electrons. The maximum atomic E-state index is 12.2. The molecular weight excluding hydrogens is 314 g/mol. The Morgan fingerprint density at radius 2 is 2.28 bits per heavy atom. The number of hydrogen-bond donors (Lipinski definition) is 1. The van der Waals surface area contributed by atoms with Crippen molar-refractivity contribution in [2.75, 3.05) is 0 Å². The molecule has 0 bridgehead atoms. The third kappa shape index (κ3) is 3.72. The van der Waals surface area contributed by atoms with E-state index in [1.54, 1.807) is 18.2 Å². The van der Waals surface area contributed by atoms with Gasteiger partial charge in [-0.1, -0.05) is 31.4 Å². The fourth-order valence-corrected chi connectivity index (χ4v) is 2.62. The van der Waals surface area contributed by atoms with E-state index in [4.69, 9.17) is 11.6 Å². The van der Waals surface area contributed by atoms with Crippen molar-refractivity contribution in [3.8, 4) is 0 Å². The summed E-state index contributed by atoms with van der Waals surface area (Å²) in [5.74, 6) is 0.773. The molecular formula is C14H17BrClNO. The van der Waals surface area contributed by atoms with Crippen LogP contribution in [0.3, 0.4) is 0 Å². The van der Waals surface area contributed by atoms with Gasteiger partial charge in [0, 0.05) is 15.5 Å². The monoisotopic (exact) mass is 329 g/mol. The van der Waals surface area contributed by atoms with E-state index in [1.807, 2.05) is 0 Å². The highest BCUT2D eigenvalue weighted by atomic mass is 79.9. The van der Waals surface area contributed by atoms with Crippen molar-refractivity contribution in [3.05, 3.63) is 33.3 Å². The van der Waals surface area contributed by atoms with Crippen LogP contribution in [0.15, 0.2) is 22.7 Å². The van der Waals surface area contributed by atoms with Gasteiger partial charge in [-0.15, -0.1) is 0 Å². The highest BCUT2D eigenvalue weighted by molar-refractivity contribution is 9.10. The molecule has 18 heavy (non-hydrogen) atoms. The summed E-state index contributed by atoms with van der Waals surface area (Å²) in [6.45, 7) is 2.11. The summed E-state index contributed by atoms with van der Waals surface area (Å²) >= 11 is 9.31. The van der Waals surface area contributed by atoms with E-state index >= 15 is 0 Å². The first-order chi connectivity index (χ1) is 8.60. The van der Waals surface area contributed by atoms with Gasteiger partial charge in [0.2, 0.25) is 0 Å². The molecule has 4 heteroatoms. The molecule has 0 aliphatic heterocycles. The van der Waals surface area contributed by atoms with Crippen LogP contribution in [0.4, 0.5) is 0 Å². The van der Waals surface area contributed by atoms with E-state index in [0.29, 0.717) is 10.6 Å². The lowest BCUT2D eigenvalue weighted by molar-refractivity contribution is 0.0932. The highest BCUT2D eigenvalue weighted by Crippen LogP contribution is 2.34. The smallest absolute Gasteiger partial charge is 0.252 e. The normalized spacial score (nSPS) is 16.4. The summed E-state index contributed by atoms with van der Waals surface area (Å²) in [6.07, 6.45) is 4.70. The molecule has 1 amide bonds. The standard InChI is InChI=1S/C14H17BrClNO/c1-2-11(7-9-3-4-9)17-14(18)12-8-10(16)5-6-13(12)15/h5-6,8-9,11H,2-4,7H2,1H3,(H,17,18). The van der Waals surface area contributed by atoms with Crippen molar-refractivity contribution in [1.82, 2.24) is 5.32 Å². The van der Waals surface area contributed by atoms with Crippen LogP contribution in [-0.4, -0.2) is 11.9 Å². The van der Waals surface area contributed by atoms with E-state index in [2.05, 4.69) is 28.2 Å². The fourth-order valence-electron chi connectivity index (χ4n) is 2.02. The van der Waals surface area contributed by atoms with E-state index in [0.717, 1.165) is 23.2 Å². The van der Waals surface area contributed by atoms with Crippen LogP contribution in [0.2, 0.25) is 5.02 Å². The molecule has 0 saturated heterocycles. The average Bonchev–Trinajstić information content (AvgIpc) is 3.15. The zero-order valence-corrected chi connectivity index (χ0v) is 12.7. The molecule has 1 N–H and O–H groups in total. The fraction of sp³-hybridized carbons (Fsp3) is 0.500. The Bertz CT molecular complexity index is 445. The number of rotatable bonds is 5. The van der Waals surface area contributed by atoms with Crippen molar-refractivity contribution in [2.24, 2.45) is 5.92 Å². The van der Waals surface area contributed by atoms with Crippen molar-refractivity contribution in [3.63, 3.8) is 0 Å². The van der Waals surface area contributed by atoms with Gasteiger partial charge in [0.25, 0.3) is 5.91 Å². The van der Waals surface area contributed by atoms with Gasteiger partial charge in [-0.3, -0.25) is 4.79 Å². The van der Waals surface area contributed by atoms with Gasteiger partial charge in [0.05, 0.1) is 5.56 Å². The Balaban J connectivity index is 2.02. The Labute approximate surface area is 121 Å². The lowest BCUT2D eigenvalue weighted by atomic mass is 10.1. The van der Waals surface area contributed by atoms with E-state index in [9.17, 15) is 4.79 Å². The number of nitrogens with one attached hydrogen (secondary N) is 1. The quantitative estimate of drug-likeness (QED) is 0.851. The van der Waals surface area contributed by atoms with Crippen LogP contribution in [0.1, 0.15) is 43.0 Å². The molecule has 1 atom stereocenters. The molecule has 2 nitrogen and oxygen atoms in total. The molecule has 0 radical (unpaired) electrons. The molecule has 2 rings (SSSR count). The zero-order valence-electron chi connectivity index (χ0n) is 10.4. The zero-order chi connectivity index (χ0) is 13.1. The number of benzene rings is 1. The van der Waals surface area contributed by atoms with Crippen LogP contribution < -0.4 is 5.32 Å². The predicted molar refractivity (Wildman–Crippen MR) is 78.0 cm³/mol.